The average molecular weight is 370 g/mol. The Hall–Kier alpha value is -3.22. The predicted molar refractivity (Wildman–Crippen MR) is 102 cm³/mol. The molecule has 0 bridgehead atoms. The highest BCUT2D eigenvalue weighted by Crippen LogP contribution is 2.30. The smallest absolute Gasteiger partial charge is 0.265 e. The number of benzene rings is 2. The van der Waals surface area contributed by atoms with Crippen molar-refractivity contribution in [2.75, 3.05) is 31.7 Å². The summed E-state index contributed by atoms with van der Waals surface area (Å²) in [5.74, 6) is 1.86. The highest BCUT2D eigenvalue weighted by Gasteiger charge is 2.13. The zero-order valence-corrected chi connectivity index (χ0v) is 15.4. The summed E-state index contributed by atoms with van der Waals surface area (Å²) in [6, 6.07) is 12.7. The predicted octanol–water partition coefficient (Wildman–Crippen LogP) is 3.24. The van der Waals surface area contributed by atoms with Crippen molar-refractivity contribution in [2.24, 2.45) is 5.16 Å². The number of hydrogen-bond acceptors (Lipinski definition) is 6. The molecule has 0 spiro atoms. The van der Waals surface area contributed by atoms with Crippen LogP contribution in [0.3, 0.4) is 0 Å². The molecule has 0 saturated heterocycles. The van der Waals surface area contributed by atoms with Gasteiger partial charge in [0.15, 0.2) is 18.1 Å². The third-order valence-electron chi connectivity index (χ3n) is 3.81. The van der Waals surface area contributed by atoms with Gasteiger partial charge in [0.25, 0.3) is 5.91 Å². The summed E-state index contributed by atoms with van der Waals surface area (Å²) in [6.45, 7) is 5.20. The molecule has 1 heterocycles. The molecule has 142 valence electrons. The molecule has 2 aromatic rings. The lowest BCUT2D eigenvalue weighted by Gasteiger charge is -2.18. The van der Waals surface area contributed by atoms with Gasteiger partial charge in [-0.15, -0.1) is 0 Å². The molecule has 1 aliphatic rings. The lowest BCUT2D eigenvalue weighted by Crippen LogP contribution is -2.17. The second-order valence-electron chi connectivity index (χ2n) is 5.81. The highest BCUT2D eigenvalue weighted by molar-refractivity contribution is 5.99. The first-order valence-corrected chi connectivity index (χ1v) is 8.75. The zero-order valence-electron chi connectivity index (χ0n) is 15.4. The second kappa shape index (κ2) is 8.93. The Labute approximate surface area is 157 Å². The van der Waals surface area contributed by atoms with Crippen molar-refractivity contribution in [2.45, 2.75) is 13.8 Å². The fraction of sp³-hybridized carbons (Fsp3) is 0.300. The summed E-state index contributed by atoms with van der Waals surface area (Å²) in [5.41, 5.74) is 2.15. The molecule has 7 heteroatoms. The van der Waals surface area contributed by atoms with Gasteiger partial charge in [-0.1, -0.05) is 5.16 Å². The van der Waals surface area contributed by atoms with Crippen LogP contribution in [0.4, 0.5) is 5.69 Å². The van der Waals surface area contributed by atoms with E-state index in [0.717, 1.165) is 11.3 Å². The summed E-state index contributed by atoms with van der Waals surface area (Å²) in [4.78, 5) is 17.1. The Bertz CT molecular complexity index is 818. The van der Waals surface area contributed by atoms with Crippen LogP contribution in [0.1, 0.15) is 19.4 Å². The van der Waals surface area contributed by atoms with E-state index in [-0.39, 0.29) is 12.5 Å². The first-order valence-electron chi connectivity index (χ1n) is 8.75. The highest BCUT2D eigenvalue weighted by atomic mass is 16.6. The number of anilines is 1. The number of rotatable bonds is 7. The normalized spacial score (nSPS) is 13.0. The number of oxime groups is 1. The van der Waals surface area contributed by atoms with Crippen molar-refractivity contribution in [3.05, 3.63) is 48.0 Å². The number of carbonyl (C=O) groups is 1. The van der Waals surface area contributed by atoms with Crippen LogP contribution in [-0.4, -0.2) is 38.0 Å². The summed E-state index contributed by atoms with van der Waals surface area (Å²) in [6.07, 6.45) is 0. The second-order valence-corrected chi connectivity index (χ2v) is 5.81. The van der Waals surface area contributed by atoms with Gasteiger partial charge in [0.05, 0.1) is 12.3 Å². The van der Waals surface area contributed by atoms with Crippen molar-refractivity contribution in [1.82, 2.24) is 0 Å². The maximum atomic E-state index is 12.0. The molecular formula is C20H22N2O5. The van der Waals surface area contributed by atoms with Gasteiger partial charge < -0.3 is 24.4 Å². The molecule has 2 aromatic carbocycles. The lowest BCUT2D eigenvalue weighted by molar-refractivity contribution is -0.120. The van der Waals surface area contributed by atoms with Gasteiger partial charge in [0.2, 0.25) is 0 Å². The van der Waals surface area contributed by atoms with Crippen molar-refractivity contribution >= 4 is 17.3 Å². The first-order chi connectivity index (χ1) is 13.2. The monoisotopic (exact) mass is 370 g/mol. The minimum absolute atomic E-state index is 0.185. The molecule has 1 amide bonds. The summed E-state index contributed by atoms with van der Waals surface area (Å²) in [7, 11) is 0. The molecule has 3 rings (SSSR count). The van der Waals surface area contributed by atoms with E-state index >= 15 is 0 Å². The van der Waals surface area contributed by atoms with Crippen LogP contribution in [0, 0.1) is 0 Å². The number of ether oxygens (including phenoxy) is 3. The van der Waals surface area contributed by atoms with Crippen LogP contribution in [0.15, 0.2) is 47.6 Å². The van der Waals surface area contributed by atoms with Gasteiger partial charge in [-0.05, 0) is 56.3 Å². The zero-order chi connectivity index (χ0) is 19.1. The molecule has 0 atom stereocenters. The molecule has 7 nitrogen and oxygen atoms in total. The van der Waals surface area contributed by atoms with Crippen LogP contribution < -0.4 is 19.5 Å². The van der Waals surface area contributed by atoms with Gasteiger partial charge in [-0.25, -0.2) is 0 Å². The van der Waals surface area contributed by atoms with E-state index in [1.807, 2.05) is 25.1 Å². The van der Waals surface area contributed by atoms with Crippen molar-refractivity contribution < 1.29 is 23.8 Å². The maximum absolute atomic E-state index is 12.0. The van der Waals surface area contributed by atoms with Gasteiger partial charge in [0.1, 0.15) is 19.0 Å². The molecular weight excluding hydrogens is 348 g/mol. The Morgan fingerprint density at radius 2 is 1.85 bits per heavy atom. The third kappa shape index (κ3) is 5.13. The number of hydrogen-bond donors (Lipinski definition) is 1. The summed E-state index contributed by atoms with van der Waals surface area (Å²) < 4.78 is 16.4. The summed E-state index contributed by atoms with van der Waals surface area (Å²) in [5, 5.41) is 6.74. The third-order valence-corrected chi connectivity index (χ3v) is 3.81. The molecule has 27 heavy (non-hydrogen) atoms. The van der Waals surface area contributed by atoms with Crippen LogP contribution in [-0.2, 0) is 9.63 Å². The summed E-state index contributed by atoms with van der Waals surface area (Å²) >= 11 is 0. The van der Waals surface area contributed by atoms with E-state index in [9.17, 15) is 4.79 Å². The minimum Gasteiger partial charge on any atom is -0.494 e. The molecule has 1 aliphatic heterocycles. The number of carbonyl (C=O) groups excluding carboxylic acids is 1. The van der Waals surface area contributed by atoms with Gasteiger partial charge in [0, 0.05) is 11.3 Å². The van der Waals surface area contributed by atoms with E-state index in [0.29, 0.717) is 42.7 Å². The number of nitrogens with zero attached hydrogens (tertiary/aromatic N) is 1. The van der Waals surface area contributed by atoms with E-state index in [1.54, 1.807) is 31.2 Å². The van der Waals surface area contributed by atoms with Gasteiger partial charge in [-0.3, -0.25) is 4.79 Å². The van der Waals surface area contributed by atoms with E-state index < -0.39 is 0 Å². The van der Waals surface area contributed by atoms with Crippen LogP contribution in [0.5, 0.6) is 17.2 Å². The molecule has 0 unspecified atom stereocenters. The number of nitrogens with one attached hydrogen (secondary N) is 1. The molecule has 0 radical (unpaired) electrons. The Morgan fingerprint density at radius 1 is 1.11 bits per heavy atom. The number of fused-ring (bicyclic) bond motifs is 1. The molecule has 0 saturated carbocycles. The maximum Gasteiger partial charge on any atom is 0.265 e. The van der Waals surface area contributed by atoms with Crippen LogP contribution in [0.2, 0.25) is 0 Å². The Kier molecular flexibility index (Phi) is 6.14. The standard InChI is InChI=1S/C20H22N2O5/c1-3-24-17-7-5-16(6-8-17)21-20(23)13-27-22-14(2)15-4-9-18-19(12-15)26-11-10-25-18/h4-9,12H,3,10-11,13H2,1-2H3,(H,21,23). The topological polar surface area (TPSA) is 78.4 Å². The van der Waals surface area contributed by atoms with E-state index in [4.69, 9.17) is 19.0 Å². The molecule has 1 N–H and O–H groups in total. The Balaban J connectivity index is 1.51. The SMILES string of the molecule is CCOc1ccc(NC(=O)CON=C(C)c2ccc3c(c2)OCCO3)cc1. The first kappa shape index (κ1) is 18.6. The van der Waals surface area contributed by atoms with Gasteiger partial charge >= 0.3 is 0 Å². The largest absolute Gasteiger partial charge is 0.494 e. The molecule has 0 aliphatic carbocycles. The molecule has 0 fully saturated rings. The Morgan fingerprint density at radius 3 is 2.59 bits per heavy atom. The molecule has 0 aromatic heterocycles. The van der Waals surface area contributed by atoms with Crippen molar-refractivity contribution in [3.63, 3.8) is 0 Å². The quantitative estimate of drug-likeness (QED) is 0.598. The number of amides is 1. The van der Waals surface area contributed by atoms with Crippen molar-refractivity contribution in [1.29, 1.82) is 0 Å². The van der Waals surface area contributed by atoms with Crippen LogP contribution in [0.25, 0.3) is 0 Å². The van der Waals surface area contributed by atoms with Gasteiger partial charge in [-0.2, -0.15) is 0 Å². The van der Waals surface area contributed by atoms with E-state index in [1.165, 1.54) is 0 Å². The lowest BCUT2D eigenvalue weighted by atomic mass is 10.1. The fourth-order valence-electron chi connectivity index (χ4n) is 2.51. The van der Waals surface area contributed by atoms with E-state index in [2.05, 4.69) is 10.5 Å². The average Bonchev–Trinajstić information content (AvgIpc) is 2.69. The minimum atomic E-state index is -0.294. The van der Waals surface area contributed by atoms with Crippen molar-refractivity contribution in [3.8, 4) is 17.2 Å². The van der Waals surface area contributed by atoms with Crippen LogP contribution >= 0.6 is 0 Å². The fourth-order valence-corrected chi connectivity index (χ4v) is 2.51.